The van der Waals surface area contributed by atoms with Gasteiger partial charge >= 0.3 is 72.2 Å². The van der Waals surface area contributed by atoms with E-state index in [1.165, 1.54) is 0 Å². The van der Waals surface area contributed by atoms with Crippen molar-refractivity contribution in [3.63, 3.8) is 0 Å². The molecule has 31 heteroatoms. The molecule has 0 spiro atoms. The molecule has 0 aromatic carbocycles. The van der Waals surface area contributed by atoms with Gasteiger partial charge in [-0.15, -0.1) is 0 Å². The second-order valence-electron chi connectivity index (χ2n) is 1.57. The molecule has 28 nitrogen and oxygen atoms in total. The second kappa shape index (κ2) is 56.3. The molecule has 0 bridgehead atoms. The summed E-state index contributed by atoms with van der Waals surface area (Å²) in [5.41, 5.74) is 0. The largest absolute Gasteiger partial charge is 3.00 e. The van der Waals surface area contributed by atoms with Gasteiger partial charge in [-0.3, -0.25) is 0 Å². The maximum absolute atomic E-state index is 8.25. The Balaban J connectivity index is -0.0000000204. The van der Waals surface area contributed by atoms with Crippen LogP contribution in [-0.2, 0) is 17.1 Å². The summed E-state index contributed by atoms with van der Waals surface area (Å²) in [4.78, 5) is 57.8. The molecule has 0 aromatic rings. The SMILES string of the molecule is O=[N+]([O-])[O-].O=[N+]([O-])[O-].O=[N+]([O-])[O-].O=[N+]([O-])[O-].O=[N+]([O-])[O-].O=[N+]([O-])[O-].O=[N+]([O-])[O-].[Al+3].[Ca+2].[Mn+2]. The maximum Gasteiger partial charge on any atom is 3.00 e. The minimum absolute atomic E-state index is 0. The van der Waals surface area contributed by atoms with Crippen LogP contribution in [0.1, 0.15) is 0 Å². The molecule has 0 aliphatic carbocycles. The van der Waals surface area contributed by atoms with Crippen LogP contribution in [0.2, 0.25) is 0 Å². The van der Waals surface area contributed by atoms with Gasteiger partial charge in [0.25, 0.3) is 0 Å². The van der Waals surface area contributed by atoms with Crippen molar-refractivity contribution < 1.29 is 52.7 Å². The van der Waals surface area contributed by atoms with Crippen molar-refractivity contribution in [3.05, 3.63) is 107 Å². The second-order valence-corrected chi connectivity index (χ2v) is 1.57. The first kappa shape index (κ1) is 63.0. The zero-order valence-corrected chi connectivity index (χ0v) is 17.9. The Hall–Kier alpha value is -3.29. The van der Waals surface area contributed by atoms with Gasteiger partial charge in [-0.05, 0) is 0 Å². The maximum atomic E-state index is 8.25. The zero-order chi connectivity index (χ0) is 25.0. The molecule has 0 saturated heterocycles. The van der Waals surface area contributed by atoms with Gasteiger partial charge in [-0.25, -0.2) is 0 Å². The number of hydrogen-bond acceptors (Lipinski definition) is 21. The van der Waals surface area contributed by atoms with Crippen molar-refractivity contribution >= 4 is 55.1 Å². The van der Waals surface area contributed by atoms with Gasteiger partial charge in [0.15, 0.2) is 0 Å². The van der Waals surface area contributed by atoms with Crippen molar-refractivity contribution in [2.45, 2.75) is 0 Å². The summed E-state index contributed by atoms with van der Waals surface area (Å²) in [6, 6.07) is 0. The molecule has 0 aliphatic rings. The van der Waals surface area contributed by atoms with Crippen LogP contribution in [0, 0.1) is 107 Å². The van der Waals surface area contributed by atoms with Crippen molar-refractivity contribution in [2.24, 2.45) is 0 Å². The van der Waals surface area contributed by atoms with E-state index in [-0.39, 0.29) is 72.2 Å². The summed E-state index contributed by atoms with van der Waals surface area (Å²) in [5.74, 6) is 0. The molecule has 0 aromatic heterocycles. The van der Waals surface area contributed by atoms with E-state index in [9.17, 15) is 0 Å². The van der Waals surface area contributed by atoms with Crippen LogP contribution in [-0.4, -0.2) is 90.7 Å². The molecule has 0 fully saturated rings. The Kier molecular flexibility index (Phi) is 114. The zero-order valence-electron chi connectivity index (χ0n) is 13.4. The predicted octanol–water partition coefficient (Wildman–Crippen LogP) is -2.44. The van der Waals surface area contributed by atoms with Crippen molar-refractivity contribution in [3.8, 4) is 0 Å². The van der Waals surface area contributed by atoms with Crippen molar-refractivity contribution in [1.29, 1.82) is 0 Å². The molecule has 0 saturated carbocycles. The quantitative estimate of drug-likeness (QED) is 0.170. The Morgan fingerprint density at radius 3 is 0.290 bits per heavy atom. The topological polar surface area (TPSA) is 463 Å². The first-order valence-corrected chi connectivity index (χ1v) is 3.83. The van der Waals surface area contributed by atoms with E-state index in [2.05, 4.69) is 0 Å². The molecule has 0 aliphatic heterocycles. The summed E-state index contributed by atoms with van der Waals surface area (Å²) >= 11 is 0. The van der Waals surface area contributed by atoms with Gasteiger partial charge < -0.3 is 107 Å². The molecule has 0 atom stereocenters. The monoisotopic (exact) mass is 556 g/mol. The summed E-state index contributed by atoms with van der Waals surface area (Å²) < 4.78 is 0. The van der Waals surface area contributed by atoms with E-state index >= 15 is 0 Å². The molecule has 0 amide bonds. The van der Waals surface area contributed by atoms with E-state index in [1.54, 1.807) is 0 Å². The summed E-state index contributed by atoms with van der Waals surface area (Å²) in [7, 11) is 0. The molecular weight excluding hydrogens is 556 g/mol. The van der Waals surface area contributed by atoms with E-state index in [4.69, 9.17) is 107 Å². The number of nitrogens with zero attached hydrogens (tertiary/aromatic N) is 7. The van der Waals surface area contributed by atoms with E-state index in [0.717, 1.165) is 0 Å². The Morgan fingerprint density at radius 2 is 0.290 bits per heavy atom. The van der Waals surface area contributed by atoms with E-state index in [1.807, 2.05) is 0 Å². The van der Waals surface area contributed by atoms with Gasteiger partial charge in [0.1, 0.15) is 0 Å². The van der Waals surface area contributed by atoms with E-state index in [0.29, 0.717) is 0 Å². The van der Waals surface area contributed by atoms with E-state index < -0.39 is 35.6 Å². The normalized spacial score (nSPS) is 5.42. The third-order valence-corrected chi connectivity index (χ3v) is 0. The van der Waals surface area contributed by atoms with Crippen LogP contribution in [0.4, 0.5) is 0 Å². The number of hydrogen-bond donors (Lipinski definition) is 0. The Labute approximate surface area is 214 Å². The first-order valence-electron chi connectivity index (χ1n) is 3.83. The first-order chi connectivity index (χ1) is 12.1. The molecule has 0 heterocycles. The average molecular weight is 556 g/mol. The standard InChI is InChI=1S/Al.Ca.Mn.7NO3/c;;;7*2-1(3)4/q+3;2*+2;7*-1. The molecule has 1 radical (unpaired) electrons. The van der Waals surface area contributed by atoms with Crippen LogP contribution in [0.15, 0.2) is 0 Å². The van der Waals surface area contributed by atoms with Gasteiger partial charge in [-0.1, -0.05) is 0 Å². The average Bonchev–Trinajstić information content (AvgIpc) is 2.20. The van der Waals surface area contributed by atoms with Crippen molar-refractivity contribution in [2.75, 3.05) is 0 Å². The van der Waals surface area contributed by atoms with Crippen molar-refractivity contribution in [1.82, 2.24) is 0 Å². The third-order valence-electron chi connectivity index (χ3n) is 0. The van der Waals surface area contributed by atoms with Crippen LogP contribution in [0.5, 0.6) is 0 Å². The van der Waals surface area contributed by atoms with Crippen LogP contribution in [0.25, 0.3) is 0 Å². The predicted molar refractivity (Wildman–Crippen MR) is 84.0 cm³/mol. The molecular formula is AlCaMnN7O21. The van der Waals surface area contributed by atoms with Crippen LogP contribution in [0.3, 0.4) is 0 Å². The van der Waals surface area contributed by atoms with Gasteiger partial charge in [0.05, 0.1) is 35.6 Å². The summed E-state index contributed by atoms with van der Waals surface area (Å²) in [6.07, 6.45) is 0. The fourth-order valence-corrected chi connectivity index (χ4v) is 0. The number of rotatable bonds is 0. The summed E-state index contributed by atoms with van der Waals surface area (Å²) in [5, 5.41) is 103. The summed E-state index contributed by atoms with van der Waals surface area (Å²) in [6.45, 7) is 0. The molecule has 31 heavy (non-hydrogen) atoms. The Bertz CT molecular complexity index is 321. The fourth-order valence-electron chi connectivity index (χ4n) is 0. The van der Waals surface area contributed by atoms with Crippen LogP contribution < -0.4 is 0 Å². The fraction of sp³-hybridized carbons (Fsp3) is 0. The smallest absolute Gasteiger partial charge is 0.356 e. The minimum Gasteiger partial charge on any atom is -0.356 e. The van der Waals surface area contributed by atoms with Crippen LogP contribution >= 0.6 is 0 Å². The Morgan fingerprint density at radius 1 is 0.290 bits per heavy atom. The molecule has 0 N–H and O–H groups in total. The molecule has 173 valence electrons. The van der Waals surface area contributed by atoms with Gasteiger partial charge in [0, 0.05) is 0 Å². The molecule has 0 rings (SSSR count). The molecule has 0 unspecified atom stereocenters. The van der Waals surface area contributed by atoms with Gasteiger partial charge in [0.2, 0.25) is 0 Å². The minimum atomic E-state index is -1.75. The third kappa shape index (κ3) is 1510. The van der Waals surface area contributed by atoms with Gasteiger partial charge in [-0.2, -0.15) is 0 Å².